The van der Waals surface area contributed by atoms with E-state index >= 15 is 0 Å². The van der Waals surface area contributed by atoms with Crippen molar-refractivity contribution in [3.8, 4) is 11.8 Å². The summed E-state index contributed by atoms with van der Waals surface area (Å²) < 4.78 is 6.01. The van der Waals surface area contributed by atoms with Gasteiger partial charge in [0.05, 0.1) is 7.11 Å². The number of esters is 1. The van der Waals surface area contributed by atoms with Gasteiger partial charge in [-0.15, -0.1) is 0 Å². The highest BCUT2D eigenvalue weighted by Gasteiger charge is 2.04. The second kappa shape index (κ2) is 4.42. The summed E-state index contributed by atoms with van der Waals surface area (Å²) in [5.74, 6) is 4.77. The molecule has 0 aliphatic heterocycles. The largest absolute Gasteiger partial charge is 0.459 e. The lowest BCUT2D eigenvalue weighted by Crippen LogP contribution is -2.06. The third kappa shape index (κ3) is 2.33. The molecular formula is C9H11N3O2. The van der Waals surface area contributed by atoms with Gasteiger partial charge in [-0.1, -0.05) is 0 Å². The van der Waals surface area contributed by atoms with E-state index in [1.54, 1.807) is 4.68 Å². The van der Waals surface area contributed by atoms with Crippen molar-refractivity contribution in [1.82, 2.24) is 14.8 Å². The van der Waals surface area contributed by atoms with Crippen LogP contribution in [0.25, 0.3) is 0 Å². The van der Waals surface area contributed by atoms with Crippen molar-refractivity contribution >= 4 is 5.97 Å². The zero-order valence-electron chi connectivity index (χ0n) is 8.31. The van der Waals surface area contributed by atoms with Crippen LogP contribution in [0.2, 0.25) is 0 Å². The van der Waals surface area contributed by atoms with Gasteiger partial charge in [-0.3, -0.25) is 0 Å². The Balaban J connectivity index is 2.89. The Hall–Kier alpha value is -1.83. The first-order chi connectivity index (χ1) is 6.65. The SMILES string of the molecule is COC(=O)C#Cc1ncnn1C(C)C. The third-order valence-electron chi connectivity index (χ3n) is 1.52. The van der Waals surface area contributed by atoms with Crippen LogP contribution in [0.1, 0.15) is 25.7 Å². The van der Waals surface area contributed by atoms with Gasteiger partial charge in [-0.25, -0.2) is 14.5 Å². The van der Waals surface area contributed by atoms with Gasteiger partial charge in [-0.2, -0.15) is 5.10 Å². The summed E-state index contributed by atoms with van der Waals surface area (Å²) in [6, 6.07) is 0.166. The van der Waals surface area contributed by atoms with Crippen LogP contribution in [0.5, 0.6) is 0 Å². The molecule has 0 saturated carbocycles. The number of hydrogen-bond donors (Lipinski definition) is 0. The van der Waals surface area contributed by atoms with Crippen molar-refractivity contribution < 1.29 is 9.53 Å². The van der Waals surface area contributed by atoms with Gasteiger partial charge in [0, 0.05) is 12.0 Å². The standard InChI is InChI=1S/C9H11N3O2/c1-7(2)12-8(10-6-11-12)4-5-9(13)14-3/h6-7H,1-3H3. The van der Waals surface area contributed by atoms with Gasteiger partial charge >= 0.3 is 5.97 Å². The lowest BCUT2D eigenvalue weighted by molar-refractivity contribution is -0.133. The minimum atomic E-state index is -0.580. The summed E-state index contributed by atoms with van der Waals surface area (Å²) >= 11 is 0. The molecule has 0 radical (unpaired) electrons. The molecule has 1 heterocycles. The third-order valence-corrected chi connectivity index (χ3v) is 1.52. The molecule has 0 spiro atoms. The number of aromatic nitrogens is 3. The number of carbonyl (C=O) groups excluding carboxylic acids is 1. The molecule has 0 aliphatic rings. The molecule has 5 nitrogen and oxygen atoms in total. The highest BCUT2D eigenvalue weighted by atomic mass is 16.5. The van der Waals surface area contributed by atoms with E-state index in [-0.39, 0.29) is 6.04 Å². The lowest BCUT2D eigenvalue weighted by atomic mass is 10.4. The fourth-order valence-corrected chi connectivity index (χ4v) is 0.875. The first kappa shape index (κ1) is 10.3. The highest BCUT2D eigenvalue weighted by Crippen LogP contribution is 2.03. The maximum Gasteiger partial charge on any atom is 0.384 e. The fourth-order valence-electron chi connectivity index (χ4n) is 0.875. The Morgan fingerprint density at radius 1 is 1.64 bits per heavy atom. The van der Waals surface area contributed by atoms with Crippen LogP contribution >= 0.6 is 0 Å². The quantitative estimate of drug-likeness (QED) is 0.478. The fraction of sp³-hybridized carbons (Fsp3) is 0.444. The molecule has 74 valence electrons. The average Bonchev–Trinajstić information content (AvgIpc) is 2.62. The average molecular weight is 193 g/mol. The summed E-state index contributed by atoms with van der Waals surface area (Å²) in [6.07, 6.45) is 1.40. The second-order valence-corrected chi connectivity index (χ2v) is 2.86. The Kier molecular flexibility index (Phi) is 3.24. The molecule has 0 fully saturated rings. The number of rotatable bonds is 1. The summed E-state index contributed by atoms with van der Waals surface area (Å²) in [6.45, 7) is 3.91. The summed E-state index contributed by atoms with van der Waals surface area (Å²) in [5, 5.41) is 3.97. The van der Waals surface area contributed by atoms with Crippen LogP contribution in [0.4, 0.5) is 0 Å². The van der Waals surface area contributed by atoms with E-state index in [0.717, 1.165) is 0 Å². The smallest absolute Gasteiger partial charge is 0.384 e. The number of carbonyl (C=O) groups is 1. The van der Waals surface area contributed by atoms with Crippen molar-refractivity contribution in [2.24, 2.45) is 0 Å². The van der Waals surface area contributed by atoms with Crippen molar-refractivity contribution in [3.05, 3.63) is 12.2 Å². The first-order valence-corrected chi connectivity index (χ1v) is 4.14. The van der Waals surface area contributed by atoms with E-state index in [0.29, 0.717) is 5.82 Å². The maximum absolute atomic E-state index is 10.7. The zero-order valence-corrected chi connectivity index (χ0v) is 8.31. The van der Waals surface area contributed by atoms with E-state index in [9.17, 15) is 4.79 Å². The van der Waals surface area contributed by atoms with E-state index in [4.69, 9.17) is 0 Å². The lowest BCUT2D eigenvalue weighted by Gasteiger charge is -2.04. The molecule has 0 aliphatic carbocycles. The van der Waals surface area contributed by atoms with E-state index in [1.807, 2.05) is 13.8 Å². The van der Waals surface area contributed by atoms with Crippen LogP contribution in [0, 0.1) is 11.8 Å². The van der Waals surface area contributed by atoms with Gasteiger partial charge in [0.1, 0.15) is 6.33 Å². The minimum absolute atomic E-state index is 0.166. The Bertz CT molecular complexity index is 384. The molecule has 0 bridgehead atoms. The normalized spacial score (nSPS) is 9.43. The molecule has 0 N–H and O–H groups in total. The molecule has 0 amide bonds. The highest BCUT2D eigenvalue weighted by molar-refractivity contribution is 5.88. The number of methoxy groups -OCH3 is 1. The second-order valence-electron chi connectivity index (χ2n) is 2.86. The summed E-state index contributed by atoms with van der Waals surface area (Å²) in [4.78, 5) is 14.6. The summed E-state index contributed by atoms with van der Waals surface area (Å²) in [7, 11) is 1.28. The molecule has 1 aromatic rings. The van der Waals surface area contributed by atoms with Crippen molar-refractivity contribution in [1.29, 1.82) is 0 Å². The Morgan fingerprint density at radius 2 is 2.36 bits per heavy atom. The predicted molar refractivity (Wildman–Crippen MR) is 49.3 cm³/mol. The predicted octanol–water partition coefficient (Wildman–Crippen LogP) is 0.384. The van der Waals surface area contributed by atoms with Gasteiger partial charge in [0.25, 0.3) is 0 Å². The number of nitrogens with zero attached hydrogens (tertiary/aromatic N) is 3. The van der Waals surface area contributed by atoms with Crippen LogP contribution in [-0.2, 0) is 9.53 Å². The Morgan fingerprint density at radius 3 is 2.93 bits per heavy atom. The molecule has 1 rings (SSSR count). The van der Waals surface area contributed by atoms with E-state index in [2.05, 4.69) is 26.7 Å². The molecule has 0 unspecified atom stereocenters. The van der Waals surface area contributed by atoms with Crippen LogP contribution in [0.3, 0.4) is 0 Å². The van der Waals surface area contributed by atoms with Gasteiger partial charge in [0.15, 0.2) is 0 Å². The molecule has 1 aromatic heterocycles. The molecule has 0 saturated heterocycles. The van der Waals surface area contributed by atoms with E-state index in [1.165, 1.54) is 13.4 Å². The van der Waals surface area contributed by atoms with Crippen molar-refractivity contribution in [2.45, 2.75) is 19.9 Å². The number of ether oxygens (including phenoxy) is 1. The van der Waals surface area contributed by atoms with E-state index < -0.39 is 5.97 Å². The first-order valence-electron chi connectivity index (χ1n) is 4.14. The molecule has 0 atom stereocenters. The summed E-state index contributed by atoms with van der Waals surface area (Å²) in [5.41, 5.74) is 0. The van der Waals surface area contributed by atoms with Crippen LogP contribution in [0.15, 0.2) is 6.33 Å². The molecule has 0 aromatic carbocycles. The van der Waals surface area contributed by atoms with Gasteiger partial charge in [-0.05, 0) is 19.8 Å². The maximum atomic E-state index is 10.7. The Labute approximate surface area is 82.1 Å². The molecule has 5 heteroatoms. The van der Waals surface area contributed by atoms with Gasteiger partial charge < -0.3 is 4.74 Å². The monoisotopic (exact) mass is 193 g/mol. The zero-order chi connectivity index (χ0) is 10.6. The van der Waals surface area contributed by atoms with Gasteiger partial charge in [0.2, 0.25) is 5.82 Å². The number of hydrogen-bond acceptors (Lipinski definition) is 4. The molecule has 14 heavy (non-hydrogen) atoms. The van der Waals surface area contributed by atoms with Crippen molar-refractivity contribution in [2.75, 3.05) is 7.11 Å². The topological polar surface area (TPSA) is 57.0 Å². The molecular weight excluding hydrogens is 182 g/mol. The van der Waals surface area contributed by atoms with Crippen LogP contribution < -0.4 is 0 Å². The van der Waals surface area contributed by atoms with Crippen molar-refractivity contribution in [3.63, 3.8) is 0 Å². The van der Waals surface area contributed by atoms with Crippen LogP contribution in [-0.4, -0.2) is 27.8 Å². The minimum Gasteiger partial charge on any atom is -0.459 e.